The third kappa shape index (κ3) is 3.26. The summed E-state index contributed by atoms with van der Waals surface area (Å²) < 4.78 is 0.895. The van der Waals surface area contributed by atoms with Crippen LogP contribution in [0.1, 0.15) is 6.92 Å². The molecule has 1 aliphatic heterocycles. The first-order valence-electron chi connectivity index (χ1n) is 6.01. The summed E-state index contributed by atoms with van der Waals surface area (Å²) in [6, 6.07) is 7.15. The molecular weight excluding hydrogens is 312 g/mol. The van der Waals surface area contributed by atoms with Gasteiger partial charge in [-0.25, -0.2) is 4.79 Å². The third-order valence-electron chi connectivity index (χ3n) is 3.37. The number of amides is 2. The molecule has 19 heavy (non-hydrogen) atoms. The van der Waals surface area contributed by atoms with E-state index in [2.05, 4.69) is 21.2 Å². The predicted octanol–water partition coefficient (Wildman–Crippen LogP) is 2.63. The van der Waals surface area contributed by atoms with Crippen LogP contribution in [-0.2, 0) is 4.79 Å². The SMILES string of the molecule is CC(C(=O)O)C1CN(C(=O)Nc2cccc(Br)c2)C1. The highest BCUT2D eigenvalue weighted by Crippen LogP contribution is 2.25. The smallest absolute Gasteiger partial charge is 0.321 e. The van der Waals surface area contributed by atoms with Gasteiger partial charge in [-0.3, -0.25) is 4.79 Å². The molecule has 0 spiro atoms. The highest BCUT2D eigenvalue weighted by atomic mass is 79.9. The summed E-state index contributed by atoms with van der Waals surface area (Å²) >= 11 is 3.33. The molecule has 0 aliphatic carbocycles. The lowest BCUT2D eigenvalue weighted by Gasteiger charge is -2.41. The largest absolute Gasteiger partial charge is 0.481 e. The molecule has 1 aliphatic rings. The fraction of sp³-hybridized carbons (Fsp3) is 0.385. The number of halogens is 1. The third-order valence-corrected chi connectivity index (χ3v) is 3.86. The summed E-state index contributed by atoms with van der Waals surface area (Å²) in [6.45, 7) is 2.66. The topological polar surface area (TPSA) is 69.6 Å². The van der Waals surface area contributed by atoms with E-state index in [1.165, 1.54) is 0 Å². The average molecular weight is 327 g/mol. The van der Waals surface area contributed by atoms with Gasteiger partial charge in [0.15, 0.2) is 0 Å². The standard InChI is InChI=1S/C13H15BrN2O3/c1-8(12(17)18)9-6-16(7-9)13(19)15-11-4-2-3-10(14)5-11/h2-5,8-9H,6-7H2,1H3,(H,15,19)(H,17,18). The predicted molar refractivity (Wildman–Crippen MR) is 75.0 cm³/mol. The summed E-state index contributed by atoms with van der Waals surface area (Å²) in [5.74, 6) is -1.17. The molecule has 1 unspecified atom stereocenters. The van der Waals surface area contributed by atoms with Gasteiger partial charge in [0.2, 0.25) is 0 Å². The molecule has 0 aromatic heterocycles. The summed E-state index contributed by atoms with van der Waals surface area (Å²) in [7, 11) is 0. The van der Waals surface area contributed by atoms with Gasteiger partial charge in [-0.1, -0.05) is 28.9 Å². The van der Waals surface area contributed by atoms with E-state index >= 15 is 0 Å². The Bertz CT molecular complexity index is 500. The van der Waals surface area contributed by atoms with Gasteiger partial charge in [0.25, 0.3) is 0 Å². The molecule has 1 heterocycles. The van der Waals surface area contributed by atoms with Gasteiger partial charge in [0, 0.05) is 29.2 Å². The molecule has 0 radical (unpaired) electrons. The number of aliphatic carboxylic acids is 1. The Labute approximate surface area is 119 Å². The Hall–Kier alpha value is -1.56. The number of nitrogens with one attached hydrogen (secondary N) is 1. The van der Waals surface area contributed by atoms with Crippen molar-refractivity contribution in [2.24, 2.45) is 11.8 Å². The molecule has 102 valence electrons. The Morgan fingerprint density at radius 3 is 2.74 bits per heavy atom. The fourth-order valence-electron chi connectivity index (χ4n) is 1.97. The van der Waals surface area contributed by atoms with E-state index in [-0.39, 0.29) is 11.9 Å². The van der Waals surface area contributed by atoms with Crippen LogP contribution in [0.15, 0.2) is 28.7 Å². The van der Waals surface area contributed by atoms with Crippen molar-refractivity contribution in [1.29, 1.82) is 0 Å². The highest BCUT2D eigenvalue weighted by molar-refractivity contribution is 9.10. The molecule has 2 N–H and O–H groups in total. The van der Waals surface area contributed by atoms with Crippen molar-refractivity contribution in [3.05, 3.63) is 28.7 Å². The maximum Gasteiger partial charge on any atom is 0.321 e. The van der Waals surface area contributed by atoms with Crippen LogP contribution < -0.4 is 5.32 Å². The van der Waals surface area contributed by atoms with Crippen LogP contribution in [0.4, 0.5) is 10.5 Å². The number of nitrogens with zero attached hydrogens (tertiary/aromatic N) is 1. The van der Waals surface area contributed by atoms with E-state index < -0.39 is 11.9 Å². The minimum atomic E-state index is -0.808. The summed E-state index contributed by atoms with van der Waals surface area (Å²) in [6.07, 6.45) is 0. The first-order chi connectivity index (χ1) is 8.97. The fourth-order valence-corrected chi connectivity index (χ4v) is 2.36. The molecule has 0 saturated carbocycles. The van der Waals surface area contributed by atoms with Gasteiger partial charge in [-0.15, -0.1) is 0 Å². The zero-order chi connectivity index (χ0) is 14.0. The van der Waals surface area contributed by atoms with Gasteiger partial charge in [0.05, 0.1) is 5.92 Å². The lowest BCUT2D eigenvalue weighted by atomic mass is 9.87. The van der Waals surface area contributed by atoms with Crippen LogP contribution in [0.25, 0.3) is 0 Å². The van der Waals surface area contributed by atoms with Crippen molar-refractivity contribution in [2.45, 2.75) is 6.92 Å². The van der Waals surface area contributed by atoms with Gasteiger partial charge >= 0.3 is 12.0 Å². The number of carbonyl (C=O) groups is 2. The minimum Gasteiger partial charge on any atom is -0.481 e. The molecule has 0 bridgehead atoms. The first-order valence-corrected chi connectivity index (χ1v) is 6.81. The second-order valence-corrected chi connectivity index (χ2v) is 5.65. The van der Waals surface area contributed by atoms with Crippen molar-refractivity contribution < 1.29 is 14.7 Å². The zero-order valence-corrected chi connectivity index (χ0v) is 12.1. The molecular formula is C13H15BrN2O3. The van der Waals surface area contributed by atoms with Crippen LogP contribution in [0.5, 0.6) is 0 Å². The molecule has 1 aromatic rings. The molecule has 5 nitrogen and oxygen atoms in total. The number of benzene rings is 1. The molecule has 2 rings (SSSR count). The van der Waals surface area contributed by atoms with E-state index in [1.807, 2.05) is 18.2 Å². The van der Waals surface area contributed by atoms with Gasteiger partial charge in [0.1, 0.15) is 0 Å². The van der Waals surface area contributed by atoms with Crippen LogP contribution >= 0.6 is 15.9 Å². The van der Waals surface area contributed by atoms with Crippen LogP contribution in [0, 0.1) is 11.8 Å². The molecule has 1 aromatic carbocycles. The molecule has 1 atom stereocenters. The highest BCUT2D eigenvalue weighted by Gasteiger charge is 2.37. The minimum absolute atomic E-state index is 0.0470. The van der Waals surface area contributed by atoms with E-state index in [9.17, 15) is 9.59 Å². The van der Waals surface area contributed by atoms with E-state index in [1.54, 1.807) is 17.9 Å². The van der Waals surface area contributed by atoms with Crippen molar-refractivity contribution in [1.82, 2.24) is 4.90 Å². The maximum atomic E-state index is 11.9. The Morgan fingerprint density at radius 1 is 1.47 bits per heavy atom. The lowest BCUT2D eigenvalue weighted by molar-refractivity contribution is -0.144. The van der Waals surface area contributed by atoms with Crippen molar-refractivity contribution in [2.75, 3.05) is 18.4 Å². The van der Waals surface area contributed by atoms with Crippen LogP contribution in [-0.4, -0.2) is 35.1 Å². The number of hydrogen-bond donors (Lipinski definition) is 2. The number of carbonyl (C=O) groups excluding carboxylic acids is 1. The van der Waals surface area contributed by atoms with E-state index in [0.29, 0.717) is 18.8 Å². The lowest BCUT2D eigenvalue weighted by Crippen LogP contribution is -2.54. The first kappa shape index (κ1) is 13.9. The molecule has 1 fully saturated rings. The second-order valence-electron chi connectivity index (χ2n) is 4.73. The number of hydrogen-bond acceptors (Lipinski definition) is 2. The van der Waals surface area contributed by atoms with Crippen molar-refractivity contribution in [3.8, 4) is 0 Å². The monoisotopic (exact) mass is 326 g/mol. The zero-order valence-electron chi connectivity index (χ0n) is 10.5. The van der Waals surface area contributed by atoms with Gasteiger partial charge < -0.3 is 15.3 Å². The quantitative estimate of drug-likeness (QED) is 0.897. The van der Waals surface area contributed by atoms with E-state index in [4.69, 9.17) is 5.11 Å². The normalized spacial score (nSPS) is 16.6. The number of carboxylic acid groups (broad SMARTS) is 1. The number of rotatable bonds is 3. The molecule has 1 saturated heterocycles. The Balaban J connectivity index is 1.85. The van der Waals surface area contributed by atoms with Crippen molar-refractivity contribution in [3.63, 3.8) is 0 Å². The van der Waals surface area contributed by atoms with Crippen molar-refractivity contribution >= 4 is 33.6 Å². The number of likely N-dealkylation sites (tertiary alicyclic amines) is 1. The summed E-state index contributed by atoms with van der Waals surface area (Å²) in [5, 5.41) is 11.7. The van der Waals surface area contributed by atoms with Gasteiger partial charge in [-0.05, 0) is 18.2 Å². The maximum absolute atomic E-state index is 11.9. The number of carboxylic acids is 1. The number of anilines is 1. The Morgan fingerprint density at radius 2 is 2.16 bits per heavy atom. The summed E-state index contributed by atoms with van der Waals surface area (Å²) in [5.41, 5.74) is 0.717. The molecule has 6 heteroatoms. The Kier molecular flexibility index (Phi) is 4.09. The summed E-state index contributed by atoms with van der Waals surface area (Å²) in [4.78, 5) is 24.3. The van der Waals surface area contributed by atoms with Crippen LogP contribution in [0.2, 0.25) is 0 Å². The molecule has 2 amide bonds. The van der Waals surface area contributed by atoms with E-state index in [0.717, 1.165) is 4.47 Å². The second kappa shape index (κ2) is 5.61. The van der Waals surface area contributed by atoms with Crippen LogP contribution in [0.3, 0.4) is 0 Å². The average Bonchev–Trinajstić information content (AvgIpc) is 2.26. The number of urea groups is 1. The van der Waals surface area contributed by atoms with Gasteiger partial charge in [-0.2, -0.15) is 0 Å².